The van der Waals surface area contributed by atoms with Crippen LogP contribution in [0.2, 0.25) is 0 Å². The van der Waals surface area contributed by atoms with Crippen LogP contribution in [0.3, 0.4) is 0 Å². The first-order chi connectivity index (χ1) is 8.54. The number of hydrogen-bond acceptors (Lipinski definition) is 3. The molecule has 1 N–H and O–H groups in total. The van der Waals surface area contributed by atoms with E-state index in [4.69, 9.17) is 9.84 Å². The summed E-state index contributed by atoms with van der Waals surface area (Å²) in [4.78, 5) is 10.8. The average molecular weight is 270 g/mol. The summed E-state index contributed by atoms with van der Waals surface area (Å²) in [6.45, 7) is 3.94. The molecule has 0 aliphatic carbocycles. The van der Waals surface area contributed by atoms with E-state index in [9.17, 15) is 9.00 Å². The maximum atomic E-state index is 11.7. The Morgan fingerprint density at radius 3 is 2.78 bits per heavy atom. The van der Waals surface area contributed by atoms with E-state index >= 15 is 0 Å². The van der Waals surface area contributed by atoms with E-state index in [1.54, 1.807) is 6.92 Å². The quantitative estimate of drug-likeness (QED) is 0.823. The molecule has 0 heterocycles. The SMILES string of the molecule is CCC(C(=O)O)S(=O)CCOc1cccc(C)c1. The van der Waals surface area contributed by atoms with E-state index in [0.29, 0.717) is 6.42 Å². The van der Waals surface area contributed by atoms with E-state index in [2.05, 4.69) is 0 Å². The maximum Gasteiger partial charge on any atom is 0.319 e. The molecule has 0 spiro atoms. The minimum absolute atomic E-state index is 0.235. The van der Waals surface area contributed by atoms with Gasteiger partial charge < -0.3 is 9.84 Å². The number of ether oxygens (including phenoxy) is 1. The fraction of sp³-hybridized carbons (Fsp3) is 0.462. The van der Waals surface area contributed by atoms with Crippen LogP contribution in [-0.4, -0.2) is 32.9 Å². The van der Waals surface area contributed by atoms with Gasteiger partial charge in [0.15, 0.2) is 0 Å². The molecule has 0 aliphatic rings. The van der Waals surface area contributed by atoms with Crippen LogP contribution in [0.1, 0.15) is 18.9 Å². The van der Waals surface area contributed by atoms with Gasteiger partial charge in [0.1, 0.15) is 11.0 Å². The predicted octanol–water partition coefficient (Wildman–Crippen LogP) is 1.99. The Bertz CT molecular complexity index is 431. The Hall–Kier alpha value is -1.36. The Morgan fingerprint density at radius 2 is 2.22 bits per heavy atom. The molecule has 0 aliphatic heterocycles. The average Bonchev–Trinajstić information content (AvgIpc) is 2.29. The summed E-state index contributed by atoms with van der Waals surface area (Å²) in [5, 5.41) is 8.06. The van der Waals surface area contributed by atoms with Crippen molar-refractivity contribution in [2.75, 3.05) is 12.4 Å². The van der Waals surface area contributed by atoms with Crippen molar-refractivity contribution < 1.29 is 18.8 Å². The topological polar surface area (TPSA) is 63.6 Å². The minimum Gasteiger partial charge on any atom is -0.493 e. The lowest BCUT2D eigenvalue weighted by molar-refractivity contribution is -0.136. The van der Waals surface area contributed by atoms with Crippen molar-refractivity contribution in [2.45, 2.75) is 25.5 Å². The summed E-state index contributed by atoms with van der Waals surface area (Å²) >= 11 is 0. The van der Waals surface area contributed by atoms with Crippen molar-refractivity contribution in [3.63, 3.8) is 0 Å². The molecular formula is C13H18O4S. The summed E-state index contributed by atoms with van der Waals surface area (Å²) < 4.78 is 17.2. The van der Waals surface area contributed by atoms with Gasteiger partial charge in [-0.3, -0.25) is 9.00 Å². The van der Waals surface area contributed by atoms with E-state index in [1.165, 1.54) is 0 Å². The fourth-order valence-electron chi connectivity index (χ4n) is 1.56. The number of carboxylic acid groups (broad SMARTS) is 1. The maximum absolute atomic E-state index is 11.7. The number of aryl methyl sites for hydroxylation is 1. The molecule has 1 aromatic carbocycles. The first kappa shape index (κ1) is 14.7. The van der Waals surface area contributed by atoms with Crippen LogP contribution >= 0.6 is 0 Å². The van der Waals surface area contributed by atoms with Crippen LogP contribution in [0.15, 0.2) is 24.3 Å². The largest absolute Gasteiger partial charge is 0.493 e. The molecular weight excluding hydrogens is 252 g/mol. The Morgan fingerprint density at radius 1 is 1.50 bits per heavy atom. The van der Waals surface area contributed by atoms with Crippen molar-refractivity contribution >= 4 is 16.8 Å². The van der Waals surface area contributed by atoms with Gasteiger partial charge in [0.05, 0.1) is 12.4 Å². The van der Waals surface area contributed by atoms with Gasteiger partial charge in [-0.2, -0.15) is 0 Å². The minimum atomic E-state index is -1.39. The van der Waals surface area contributed by atoms with Gasteiger partial charge in [0, 0.05) is 10.8 Å². The highest BCUT2D eigenvalue weighted by Crippen LogP contribution is 2.12. The summed E-state index contributed by atoms with van der Waals surface area (Å²) in [7, 11) is -1.39. The van der Waals surface area contributed by atoms with E-state index in [0.717, 1.165) is 11.3 Å². The van der Waals surface area contributed by atoms with Gasteiger partial charge in [-0.15, -0.1) is 0 Å². The molecule has 5 heteroatoms. The number of hydrogen-bond donors (Lipinski definition) is 1. The fourth-order valence-corrected chi connectivity index (χ4v) is 2.69. The summed E-state index contributed by atoms with van der Waals surface area (Å²) in [6.07, 6.45) is 0.367. The van der Waals surface area contributed by atoms with Crippen molar-refractivity contribution in [3.8, 4) is 5.75 Å². The monoisotopic (exact) mass is 270 g/mol. The van der Waals surface area contributed by atoms with E-state index < -0.39 is 22.0 Å². The Balaban J connectivity index is 2.42. The van der Waals surface area contributed by atoms with Crippen LogP contribution in [0.5, 0.6) is 5.75 Å². The zero-order valence-electron chi connectivity index (χ0n) is 10.6. The van der Waals surface area contributed by atoms with Crippen molar-refractivity contribution in [3.05, 3.63) is 29.8 Å². The number of carbonyl (C=O) groups is 1. The zero-order valence-corrected chi connectivity index (χ0v) is 11.4. The van der Waals surface area contributed by atoms with Gasteiger partial charge >= 0.3 is 5.97 Å². The van der Waals surface area contributed by atoms with Gasteiger partial charge in [0.25, 0.3) is 0 Å². The molecule has 0 bridgehead atoms. The first-order valence-corrected chi connectivity index (χ1v) is 7.22. The molecule has 100 valence electrons. The number of rotatable bonds is 7. The molecule has 0 saturated heterocycles. The smallest absolute Gasteiger partial charge is 0.319 e. The third-order valence-electron chi connectivity index (χ3n) is 2.51. The Kier molecular flexibility index (Phi) is 5.85. The molecule has 2 unspecified atom stereocenters. The lowest BCUT2D eigenvalue weighted by Gasteiger charge is -2.10. The molecule has 18 heavy (non-hydrogen) atoms. The highest BCUT2D eigenvalue weighted by molar-refractivity contribution is 7.86. The van der Waals surface area contributed by atoms with Crippen LogP contribution in [0, 0.1) is 6.92 Å². The van der Waals surface area contributed by atoms with Gasteiger partial charge in [-0.1, -0.05) is 19.1 Å². The third kappa shape index (κ3) is 4.49. The summed E-state index contributed by atoms with van der Waals surface area (Å²) in [5.74, 6) is -0.0552. The first-order valence-electron chi connectivity index (χ1n) is 5.84. The second-order valence-corrected chi connectivity index (χ2v) is 5.72. The predicted molar refractivity (Wildman–Crippen MR) is 71.4 cm³/mol. The molecule has 0 radical (unpaired) electrons. The van der Waals surface area contributed by atoms with Gasteiger partial charge in [-0.05, 0) is 31.0 Å². The molecule has 0 amide bonds. The standard InChI is InChI=1S/C13H18O4S/c1-3-12(13(14)15)18(16)8-7-17-11-6-4-5-10(2)9-11/h4-6,9,12H,3,7-8H2,1-2H3,(H,14,15). The highest BCUT2D eigenvalue weighted by Gasteiger charge is 2.22. The van der Waals surface area contributed by atoms with Gasteiger partial charge in [0.2, 0.25) is 0 Å². The van der Waals surface area contributed by atoms with E-state index in [1.807, 2.05) is 31.2 Å². The summed E-state index contributed by atoms with van der Waals surface area (Å²) in [5.41, 5.74) is 1.09. The van der Waals surface area contributed by atoms with Crippen LogP contribution in [0.25, 0.3) is 0 Å². The number of aliphatic carboxylic acids is 1. The van der Waals surface area contributed by atoms with Crippen LogP contribution in [-0.2, 0) is 15.6 Å². The number of carboxylic acids is 1. The van der Waals surface area contributed by atoms with Crippen LogP contribution in [0.4, 0.5) is 0 Å². The lowest BCUT2D eigenvalue weighted by atomic mass is 10.2. The van der Waals surface area contributed by atoms with Crippen molar-refractivity contribution in [2.24, 2.45) is 0 Å². The molecule has 4 nitrogen and oxygen atoms in total. The summed E-state index contributed by atoms with van der Waals surface area (Å²) in [6, 6.07) is 7.55. The van der Waals surface area contributed by atoms with Crippen molar-refractivity contribution in [1.29, 1.82) is 0 Å². The van der Waals surface area contributed by atoms with Gasteiger partial charge in [-0.25, -0.2) is 0 Å². The van der Waals surface area contributed by atoms with Crippen molar-refractivity contribution in [1.82, 2.24) is 0 Å². The highest BCUT2D eigenvalue weighted by atomic mass is 32.2. The molecule has 2 atom stereocenters. The molecule has 1 aromatic rings. The van der Waals surface area contributed by atoms with Crippen LogP contribution < -0.4 is 4.74 Å². The van der Waals surface area contributed by atoms with E-state index in [-0.39, 0.29) is 12.4 Å². The molecule has 0 saturated carbocycles. The lowest BCUT2D eigenvalue weighted by Crippen LogP contribution is -2.28. The second-order valence-electron chi connectivity index (χ2n) is 3.98. The molecule has 0 aromatic heterocycles. The number of benzene rings is 1. The molecule has 1 rings (SSSR count). The second kappa shape index (κ2) is 7.16. The third-order valence-corrected chi connectivity index (χ3v) is 4.25. The Labute approximate surface area is 109 Å². The zero-order chi connectivity index (χ0) is 13.5. The molecule has 0 fully saturated rings. The normalized spacial score (nSPS) is 13.9.